The van der Waals surface area contributed by atoms with E-state index >= 15 is 0 Å². The van der Waals surface area contributed by atoms with E-state index in [1.165, 1.54) is 0 Å². The summed E-state index contributed by atoms with van der Waals surface area (Å²) in [7, 11) is 0. The molecule has 54 valence electrons. The normalized spacial score (nSPS) is 9.30. The van der Waals surface area contributed by atoms with Crippen LogP contribution in [-0.4, -0.2) is 6.47 Å². The highest BCUT2D eigenvalue weighted by Crippen LogP contribution is 2.19. The molecule has 0 amide bonds. The van der Waals surface area contributed by atoms with Crippen molar-refractivity contribution in [2.75, 3.05) is 0 Å². The van der Waals surface area contributed by atoms with Crippen molar-refractivity contribution in [3.05, 3.63) is 20.8 Å². The van der Waals surface area contributed by atoms with E-state index in [9.17, 15) is 4.79 Å². The molecule has 1 aromatic heterocycles. The Labute approximate surface area is 70.9 Å². The van der Waals surface area contributed by atoms with Gasteiger partial charge in [0, 0.05) is 14.7 Å². The Morgan fingerprint density at radius 1 is 1.80 bits per heavy atom. The van der Waals surface area contributed by atoms with Gasteiger partial charge < -0.3 is 4.74 Å². The highest BCUT2D eigenvalue weighted by molar-refractivity contribution is 9.10. The average molecular weight is 221 g/mol. The van der Waals surface area contributed by atoms with E-state index in [1.54, 1.807) is 11.3 Å². The van der Waals surface area contributed by atoms with E-state index in [2.05, 4.69) is 20.7 Å². The molecule has 2 nitrogen and oxygen atoms in total. The summed E-state index contributed by atoms with van der Waals surface area (Å²) in [6.45, 7) is 0.827. The second-order valence-electron chi connectivity index (χ2n) is 1.64. The third kappa shape index (κ3) is 2.11. The minimum Gasteiger partial charge on any atom is -0.462 e. The van der Waals surface area contributed by atoms with Gasteiger partial charge >= 0.3 is 0 Å². The van der Waals surface area contributed by atoms with Crippen LogP contribution in [0.1, 0.15) is 4.88 Å². The number of carbonyl (C=O) groups excluding carboxylic acids is 1. The standard InChI is InChI=1S/C6H5BrO2S/c7-5-1-6(10-3-5)2-9-4-8/h1,3-4H,2H2. The zero-order valence-corrected chi connectivity index (χ0v) is 7.44. The number of carbonyl (C=O) groups is 1. The Hall–Kier alpha value is -0.350. The van der Waals surface area contributed by atoms with Gasteiger partial charge in [-0.05, 0) is 22.0 Å². The van der Waals surface area contributed by atoms with Crippen LogP contribution in [-0.2, 0) is 16.1 Å². The lowest BCUT2D eigenvalue weighted by molar-refractivity contribution is -0.129. The molecule has 0 fully saturated rings. The number of halogens is 1. The molecule has 0 aliphatic carbocycles. The summed E-state index contributed by atoms with van der Waals surface area (Å²) in [4.78, 5) is 10.8. The molecule has 0 aliphatic heterocycles. The third-order valence-electron chi connectivity index (χ3n) is 0.915. The zero-order valence-electron chi connectivity index (χ0n) is 5.04. The molecule has 10 heavy (non-hydrogen) atoms. The van der Waals surface area contributed by atoms with Crippen molar-refractivity contribution in [1.82, 2.24) is 0 Å². The van der Waals surface area contributed by atoms with Gasteiger partial charge in [-0.25, -0.2) is 0 Å². The van der Waals surface area contributed by atoms with Crippen molar-refractivity contribution < 1.29 is 9.53 Å². The lowest BCUT2D eigenvalue weighted by Gasteiger charge is -1.90. The van der Waals surface area contributed by atoms with Crippen LogP contribution in [0, 0.1) is 0 Å². The largest absolute Gasteiger partial charge is 0.462 e. The van der Waals surface area contributed by atoms with Crippen LogP contribution in [0.15, 0.2) is 15.9 Å². The number of hydrogen-bond donors (Lipinski definition) is 0. The van der Waals surface area contributed by atoms with Crippen molar-refractivity contribution >= 4 is 33.7 Å². The number of rotatable bonds is 3. The van der Waals surface area contributed by atoms with Crippen LogP contribution in [0.5, 0.6) is 0 Å². The molecule has 0 aromatic carbocycles. The molecule has 0 saturated heterocycles. The summed E-state index contributed by atoms with van der Waals surface area (Å²) >= 11 is 4.85. The van der Waals surface area contributed by atoms with Crippen LogP contribution in [0.3, 0.4) is 0 Å². The molecule has 1 aromatic rings. The lowest BCUT2D eigenvalue weighted by atomic mass is 10.5. The predicted molar refractivity (Wildman–Crippen MR) is 42.9 cm³/mol. The number of ether oxygens (including phenoxy) is 1. The Bertz CT molecular complexity index is 221. The minimum atomic E-state index is 0.375. The monoisotopic (exact) mass is 220 g/mol. The maximum atomic E-state index is 9.76. The molecule has 1 rings (SSSR count). The molecule has 0 aliphatic rings. The van der Waals surface area contributed by atoms with Crippen LogP contribution < -0.4 is 0 Å². The summed E-state index contributed by atoms with van der Waals surface area (Å²) in [6.07, 6.45) is 0. The molecule has 4 heteroatoms. The molecule has 0 radical (unpaired) electrons. The van der Waals surface area contributed by atoms with Crippen LogP contribution >= 0.6 is 27.3 Å². The molecule has 0 N–H and O–H groups in total. The van der Waals surface area contributed by atoms with Gasteiger partial charge in [-0.1, -0.05) is 0 Å². The maximum absolute atomic E-state index is 9.76. The fraction of sp³-hybridized carbons (Fsp3) is 0.167. The zero-order chi connectivity index (χ0) is 7.40. The van der Waals surface area contributed by atoms with Crippen LogP contribution in [0.2, 0.25) is 0 Å². The third-order valence-corrected chi connectivity index (χ3v) is 2.59. The van der Waals surface area contributed by atoms with E-state index in [4.69, 9.17) is 0 Å². The Morgan fingerprint density at radius 3 is 3.10 bits per heavy atom. The van der Waals surface area contributed by atoms with E-state index in [1.807, 2.05) is 11.4 Å². The Morgan fingerprint density at radius 2 is 2.60 bits per heavy atom. The first kappa shape index (κ1) is 7.75. The fourth-order valence-electron chi connectivity index (χ4n) is 0.546. The summed E-state index contributed by atoms with van der Waals surface area (Å²) < 4.78 is 5.57. The maximum Gasteiger partial charge on any atom is 0.293 e. The van der Waals surface area contributed by atoms with Crippen molar-refractivity contribution in [3.63, 3.8) is 0 Å². The molecule has 0 spiro atoms. The van der Waals surface area contributed by atoms with Gasteiger partial charge in [0.05, 0.1) is 0 Å². The predicted octanol–water partition coefficient (Wildman–Crippen LogP) is 2.18. The Balaban J connectivity index is 2.49. The average Bonchev–Trinajstić information content (AvgIpc) is 2.31. The van der Waals surface area contributed by atoms with Gasteiger partial charge in [-0.2, -0.15) is 0 Å². The number of hydrogen-bond acceptors (Lipinski definition) is 3. The minimum absolute atomic E-state index is 0.375. The summed E-state index contributed by atoms with van der Waals surface area (Å²) in [5.74, 6) is 0. The molecular weight excluding hydrogens is 216 g/mol. The van der Waals surface area contributed by atoms with E-state index in [0.29, 0.717) is 13.1 Å². The van der Waals surface area contributed by atoms with Crippen LogP contribution in [0.4, 0.5) is 0 Å². The quantitative estimate of drug-likeness (QED) is 0.731. The molecule has 0 bridgehead atoms. The smallest absolute Gasteiger partial charge is 0.293 e. The molecule has 0 atom stereocenters. The second-order valence-corrected chi connectivity index (χ2v) is 3.55. The molecular formula is C6H5BrO2S. The first-order valence-electron chi connectivity index (χ1n) is 2.61. The fourth-order valence-corrected chi connectivity index (χ4v) is 1.92. The highest BCUT2D eigenvalue weighted by Gasteiger charge is 1.95. The van der Waals surface area contributed by atoms with Gasteiger partial charge in [-0.3, -0.25) is 4.79 Å². The molecule has 1 heterocycles. The summed E-state index contributed by atoms with van der Waals surface area (Å²) in [5, 5.41) is 1.95. The molecule has 0 unspecified atom stereocenters. The van der Waals surface area contributed by atoms with Crippen LogP contribution in [0.25, 0.3) is 0 Å². The number of thiophene rings is 1. The summed E-state index contributed by atoms with van der Waals surface area (Å²) in [5.41, 5.74) is 0. The van der Waals surface area contributed by atoms with Crippen molar-refractivity contribution in [2.45, 2.75) is 6.61 Å². The van der Waals surface area contributed by atoms with E-state index in [-0.39, 0.29) is 0 Å². The van der Waals surface area contributed by atoms with Gasteiger partial charge in [0.2, 0.25) is 0 Å². The van der Waals surface area contributed by atoms with Gasteiger partial charge in [0.25, 0.3) is 6.47 Å². The second kappa shape index (κ2) is 3.73. The van der Waals surface area contributed by atoms with Crippen molar-refractivity contribution in [3.8, 4) is 0 Å². The summed E-state index contributed by atoms with van der Waals surface area (Å²) in [6, 6.07) is 1.92. The van der Waals surface area contributed by atoms with Gasteiger partial charge in [-0.15, -0.1) is 11.3 Å². The van der Waals surface area contributed by atoms with Crippen molar-refractivity contribution in [1.29, 1.82) is 0 Å². The van der Waals surface area contributed by atoms with Gasteiger partial charge in [0.1, 0.15) is 6.61 Å². The highest BCUT2D eigenvalue weighted by atomic mass is 79.9. The Kier molecular flexibility index (Phi) is 2.89. The SMILES string of the molecule is O=COCc1cc(Br)cs1. The topological polar surface area (TPSA) is 26.3 Å². The first-order valence-corrected chi connectivity index (χ1v) is 4.28. The van der Waals surface area contributed by atoms with E-state index < -0.39 is 0 Å². The lowest BCUT2D eigenvalue weighted by Crippen LogP contribution is -1.84. The van der Waals surface area contributed by atoms with E-state index in [0.717, 1.165) is 9.35 Å². The molecule has 0 saturated carbocycles. The van der Waals surface area contributed by atoms with Crippen molar-refractivity contribution in [2.24, 2.45) is 0 Å². The van der Waals surface area contributed by atoms with Gasteiger partial charge in [0.15, 0.2) is 0 Å². The first-order chi connectivity index (χ1) is 4.83.